The Morgan fingerprint density at radius 1 is 1.32 bits per heavy atom. The van der Waals surface area contributed by atoms with Crippen LogP contribution in [-0.4, -0.2) is 20.0 Å². The molecule has 0 aliphatic rings. The summed E-state index contributed by atoms with van der Waals surface area (Å²) in [6.45, 7) is 9.66. The van der Waals surface area contributed by atoms with Gasteiger partial charge in [-0.3, -0.25) is 9.78 Å². The van der Waals surface area contributed by atoms with Crippen LogP contribution in [-0.2, 0) is 19.4 Å². The second-order valence-electron chi connectivity index (χ2n) is 5.23. The van der Waals surface area contributed by atoms with Gasteiger partial charge in [0.15, 0.2) is 3.95 Å². The molecular weight excluding hydrogens is 276 g/mol. The van der Waals surface area contributed by atoms with Crippen LogP contribution in [0.3, 0.4) is 0 Å². The van der Waals surface area contributed by atoms with Gasteiger partial charge < -0.3 is 0 Å². The van der Waals surface area contributed by atoms with Crippen LogP contribution in [0.5, 0.6) is 0 Å². The van der Waals surface area contributed by atoms with Gasteiger partial charge in [-0.2, -0.15) is 10.2 Å². The van der Waals surface area contributed by atoms with Gasteiger partial charge in [0.25, 0.3) is 0 Å². The summed E-state index contributed by atoms with van der Waals surface area (Å²) in [6.07, 6.45) is 1.90. The lowest BCUT2D eigenvalue weighted by Crippen LogP contribution is -2.08. The van der Waals surface area contributed by atoms with Crippen LogP contribution in [0, 0.1) is 23.7 Å². The summed E-state index contributed by atoms with van der Waals surface area (Å²) < 4.78 is 2.88. The number of aromatic nitrogens is 4. The van der Waals surface area contributed by atoms with Gasteiger partial charge in [0.2, 0.25) is 0 Å². The van der Waals surface area contributed by atoms with E-state index in [0.29, 0.717) is 5.92 Å². The number of hydrogen-bond acceptors (Lipinski definition) is 4. The molecule has 0 aliphatic carbocycles. The highest BCUT2D eigenvalue weighted by Gasteiger charge is 2.12. The molecule has 0 spiro atoms. The van der Waals surface area contributed by atoms with Crippen molar-refractivity contribution in [3.63, 3.8) is 0 Å². The van der Waals surface area contributed by atoms with Crippen LogP contribution >= 0.6 is 23.6 Å². The van der Waals surface area contributed by atoms with E-state index in [1.807, 2.05) is 0 Å². The van der Waals surface area contributed by atoms with Crippen molar-refractivity contribution in [2.24, 2.45) is 5.92 Å². The smallest absolute Gasteiger partial charge is 0.176 e. The highest BCUT2D eigenvalue weighted by molar-refractivity contribution is 7.73. The normalized spacial score (nSPS) is 11.4. The Hall–Kier alpha value is -1.01. The SMILES string of the molecule is Cc1nn(CC(C)C)c(C)c1CCc1n[nH]c(=S)s1. The first kappa shape index (κ1) is 14.4. The fourth-order valence-electron chi connectivity index (χ4n) is 2.22. The molecular formula is C13H20N4S2. The summed E-state index contributed by atoms with van der Waals surface area (Å²) in [6, 6.07) is 0. The van der Waals surface area contributed by atoms with Crippen molar-refractivity contribution < 1.29 is 0 Å². The molecule has 0 unspecified atom stereocenters. The Kier molecular flexibility index (Phi) is 4.52. The zero-order valence-corrected chi connectivity index (χ0v) is 13.5. The van der Waals surface area contributed by atoms with Gasteiger partial charge >= 0.3 is 0 Å². The molecule has 2 heterocycles. The highest BCUT2D eigenvalue weighted by Crippen LogP contribution is 2.18. The molecule has 19 heavy (non-hydrogen) atoms. The van der Waals surface area contributed by atoms with Gasteiger partial charge in [0, 0.05) is 18.7 Å². The predicted octanol–water partition coefficient (Wildman–Crippen LogP) is 3.46. The van der Waals surface area contributed by atoms with Crippen LogP contribution in [0.15, 0.2) is 0 Å². The van der Waals surface area contributed by atoms with E-state index in [2.05, 4.69) is 47.7 Å². The number of rotatable bonds is 5. The molecule has 0 atom stereocenters. The molecule has 0 amide bonds. The van der Waals surface area contributed by atoms with Gasteiger partial charge in [-0.25, -0.2) is 0 Å². The fourth-order valence-corrected chi connectivity index (χ4v) is 3.15. The number of nitrogens with one attached hydrogen (secondary N) is 1. The molecule has 104 valence electrons. The lowest BCUT2D eigenvalue weighted by Gasteiger charge is -2.07. The van der Waals surface area contributed by atoms with Crippen molar-refractivity contribution in [3.8, 4) is 0 Å². The third-order valence-corrected chi connectivity index (χ3v) is 4.29. The quantitative estimate of drug-likeness (QED) is 0.860. The van der Waals surface area contributed by atoms with Crippen molar-refractivity contribution in [2.45, 2.75) is 47.1 Å². The summed E-state index contributed by atoms with van der Waals surface area (Å²) in [7, 11) is 0. The van der Waals surface area contributed by atoms with Crippen molar-refractivity contribution in [3.05, 3.63) is 25.9 Å². The maximum atomic E-state index is 5.05. The van der Waals surface area contributed by atoms with E-state index in [4.69, 9.17) is 12.2 Å². The van der Waals surface area contributed by atoms with Crippen molar-refractivity contribution in [1.82, 2.24) is 20.0 Å². The zero-order chi connectivity index (χ0) is 14.0. The maximum absolute atomic E-state index is 5.05. The first-order valence-corrected chi connectivity index (χ1v) is 7.77. The second-order valence-corrected chi connectivity index (χ2v) is 6.98. The Morgan fingerprint density at radius 2 is 2.05 bits per heavy atom. The third-order valence-electron chi connectivity index (χ3n) is 3.14. The molecule has 6 heteroatoms. The van der Waals surface area contributed by atoms with Gasteiger partial charge in [-0.15, -0.1) is 0 Å². The standard InChI is InChI=1S/C13H20N4S2/c1-8(2)7-17-10(4)11(9(3)16-17)5-6-12-14-15-13(18)19-12/h8H,5-7H2,1-4H3,(H,15,18). The van der Waals surface area contributed by atoms with E-state index in [1.54, 1.807) is 11.3 Å². The molecule has 0 radical (unpaired) electrons. The third kappa shape index (κ3) is 3.51. The van der Waals surface area contributed by atoms with E-state index in [9.17, 15) is 0 Å². The zero-order valence-electron chi connectivity index (χ0n) is 11.9. The molecule has 2 aromatic rings. The van der Waals surface area contributed by atoms with E-state index in [-0.39, 0.29) is 0 Å². The van der Waals surface area contributed by atoms with Crippen LogP contribution in [0.2, 0.25) is 0 Å². The molecule has 2 aromatic heterocycles. The fraction of sp³-hybridized carbons (Fsp3) is 0.615. The molecule has 2 rings (SSSR count). The molecule has 0 bridgehead atoms. The van der Waals surface area contributed by atoms with E-state index in [0.717, 1.165) is 34.0 Å². The molecule has 0 saturated heterocycles. The molecule has 1 N–H and O–H groups in total. The minimum atomic E-state index is 0.613. The number of aromatic amines is 1. The van der Waals surface area contributed by atoms with Crippen molar-refractivity contribution in [1.29, 1.82) is 0 Å². The van der Waals surface area contributed by atoms with Crippen LogP contribution in [0.1, 0.15) is 35.8 Å². The summed E-state index contributed by atoms with van der Waals surface area (Å²) in [5.74, 6) is 0.613. The molecule has 0 saturated carbocycles. The minimum absolute atomic E-state index is 0.613. The van der Waals surface area contributed by atoms with Gasteiger partial charge in [-0.05, 0) is 44.0 Å². The predicted molar refractivity (Wildman–Crippen MR) is 81.2 cm³/mol. The van der Waals surface area contributed by atoms with Crippen molar-refractivity contribution in [2.75, 3.05) is 0 Å². The number of H-pyrrole nitrogens is 1. The summed E-state index contributed by atoms with van der Waals surface area (Å²) in [4.78, 5) is 0. The lowest BCUT2D eigenvalue weighted by atomic mass is 10.1. The Balaban J connectivity index is 2.11. The number of nitrogens with zero attached hydrogens (tertiary/aromatic N) is 3. The Bertz CT molecular complexity index is 606. The number of aryl methyl sites for hydroxylation is 2. The largest absolute Gasteiger partial charge is 0.269 e. The van der Waals surface area contributed by atoms with Gasteiger partial charge in [-0.1, -0.05) is 25.2 Å². The minimum Gasteiger partial charge on any atom is -0.269 e. The molecule has 0 aromatic carbocycles. The summed E-state index contributed by atoms with van der Waals surface area (Å²) >= 11 is 6.61. The first-order chi connectivity index (χ1) is 8.97. The summed E-state index contributed by atoms with van der Waals surface area (Å²) in [5.41, 5.74) is 3.77. The Labute approximate surface area is 122 Å². The van der Waals surface area contributed by atoms with E-state index < -0.39 is 0 Å². The average Bonchev–Trinajstić information content (AvgIpc) is 2.83. The van der Waals surface area contributed by atoms with Gasteiger partial charge in [0.05, 0.1) is 5.69 Å². The van der Waals surface area contributed by atoms with Crippen LogP contribution in [0.25, 0.3) is 0 Å². The van der Waals surface area contributed by atoms with E-state index >= 15 is 0 Å². The lowest BCUT2D eigenvalue weighted by molar-refractivity contribution is 0.472. The Morgan fingerprint density at radius 3 is 2.63 bits per heavy atom. The second kappa shape index (κ2) is 5.96. The maximum Gasteiger partial charge on any atom is 0.176 e. The van der Waals surface area contributed by atoms with Crippen LogP contribution < -0.4 is 0 Å². The van der Waals surface area contributed by atoms with Crippen molar-refractivity contribution >= 4 is 23.6 Å². The molecule has 0 fully saturated rings. The van der Waals surface area contributed by atoms with Crippen LogP contribution in [0.4, 0.5) is 0 Å². The molecule has 4 nitrogen and oxygen atoms in total. The van der Waals surface area contributed by atoms with Gasteiger partial charge in [0.1, 0.15) is 5.01 Å². The number of hydrogen-bond donors (Lipinski definition) is 1. The first-order valence-electron chi connectivity index (χ1n) is 6.54. The monoisotopic (exact) mass is 296 g/mol. The summed E-state index contributed by atoms with van der Waals surface area (Å²) in [5, 5.41) is 12.7. The highest BCUT2D eigenvalue weighted by atomic mass is 32.1. The average molecular weight is 296 g/mol. The molecule has 0 aliphatic heterocycles. The van der Waals surface area contributed by atoms with E-state index in [1.165, 1.54) is 11.3 Å². The topological polar surface area (TPSA) is 46.5 Å².